The lowest BCUT2D eigenvalue weighted by Crippen LogP contribution is -2.38. The predicted molar refractivity (Wildman–Crippen MR) is 92.0 cm³/mol. The van der Waals surface area contributed by atoms with Crippen molar-refractivity contribution in [2.45, 2.75) is 13.5 Å². The Labute approximate surface area is 127 Å². The first kappa shape index (κ1) is 16.7. The van der Waals surface area contributed by atoms with Crippen LogP contribution in [0.15, 0.2) is 29.3 Å². The molecule has 0 spiro atoms. The summed E-state index contributed by atoms with van der Waals surface area (Å²) in [6, 6.07) is 8.51. The van der Waals surface area contributed by atoms with Gasteiger partial charge in [-0.25, -0.2) is 4.99 Å². The van der Waals surface area contributed by atoms with E-state index in [0.29, 0.717) is 6.54 Å². The van der Waals surface area contributed by atoms with Crippen LogP contribution >= 0.6 is 11.8 Å². The molecule has 2 N–H and O–H groups in total. The summed E-state index contributed by atoms with van der Waals surface area (Å²) in [5, 5.41) is 6.59. The van der Waals surface area contributed by atoms with E-state index in [2.05, 4.69) is 58.0 Å². The van der Waals surface area contributed by atoms with Crippen LogP contribution < -0.4 is 15.5 Å². The second-order valence-corrected chi connectivity index (χ2v) is 5.66. The van der Waals surface area contributed by atoms with E-state index in [1.165, 1.54) is 11.3 Å². The van der Waals surface area contributed by atoms with Gasteiger partial charge in [-0.1, -0.05) is 12.1 Å². The number of guanidine groups is 1. The lowest BCUT2D eigenvalue weighted by Gasteiger charge is -2.13. The van der Waals surface area contributed by atoms with Crippen LogP contribution in [0.25, 0.3) is 0 Å². The maximum Gasteiger partial charge on any atom is 0.191 e. The summed E-state index contributed by atoms with van der Waals surface area (Å²) in [6.07, 6.45) is 2.11. The highest BCUT2D eigenvalue weighted by Crippen LogP contribution is 2.12. The Hall–Kier alpha value is -1.36. The minimum absolute atomic E-state index is 0.697. The molecule has 0 aliphatic carbocycles. The van der Waals surface area contributed by atoms with E-state index < -0.39 is 0 Å². The fourth-order valence-electron chi connectivity index (χ4n) is 1.68. The predicted octanol–water partition coefficient (Wildman–Crippen LogP) is 2.17. The van der Waals surface area contributed by atoms with Gasteiger partial charge in [0.05, 0.1) is 6.54 Å². The van der Waals surface area contributed by atoms with E-state index in [1.54, 1.807) is 0 Å². The Morgan fingerprint density at radius 3 is 2.45 bits per heavy atom. The lowest BCUT2D eigenvalue weighted by atomic mass is 10.2. The molecule has 0 saturated carbocycles. The fourth-order valence-corrected chi connectivity index (χ4v) is 1.99. The summed E-state index contributed by atoms with van der Waals surface area (Å²) >= 11 is 1.83. The molecule has 0 saturated heterocycles. The van der Waals surface area contributed by atoms with Crippen molar-refractivity contribution in [3.8, 4) is 0 Å². The van der Waals surface area contributed by atoms with Crippen molar-refractivity contribution in [3.63, 3.8) is 0 Å². The summed E-state index contributed by atoms with van der Waals surface area (Å²) in [7, 11) is 4.10. The van der Waals surface area contributed by atoms with Crippen molar-refractivity contribution in [1.82, 2.24) is 10.6 Å². The van der Waals surface area contributed by atoms with E-state index in [4.69, 9.17) is 0 Å². The minimum Gasteiger partial charge on any atom is -0.378 e. The number of rotatable bonds is 7. The normalized spacial score (nSPS) is 11.3. The van der Waals surface area contributed by atoms with Gasteiger partial charge >= 0.3 is 0 Å². The van der Waals surface area contributed by atoms with Crippen LogP contribution in [0.4, 0.5) is 5.69 Å². The molecule has 0 bridgehead atoms. The standard InChI is InChI=1S/C15H26N4S/c1-5-16-15(17-10-11-20-4)18-12-13-6-8-14(9-7-13)19(2)3/h6-9H,5,10-12H2,1-4H3,(H2,16,17,18). The average molecular weight is 294 g/mol. The van der Waals surface area contributed by atoms with Gasteiger partial charge in [0.15, 0.2) is 5.96 Å². The summed E-state index contributed by atoms with van der Waals surface area (Å²) in [4.78, 5) is 6.70. The van der Waals surface area contributed by atoms with E-state index >= 15 is 0 Å². The molecular weight excluding hydrogens is 268 g/mol. The molecule has 0 heterocycles. The van der Waals surface area contributed by atoms with Gasteiger partial charge in [-0.3, -0.25) is 0 Å². The SMILES string of the molecule is CCNC(=NCc1ccc(N(C)C)cc1)NCCSC. The third kappa shape index (κ3) is 6.19. The quantitative estimate of drug-likeness (QED) is 0.459. The molecule has 4 nitrogen and oxygen atoms in total. The van der Waals surface area contributed by atoms with Gasteiger partial charge in [-0.2, -0.15) is 11.8 Å². The molecule has 1 rings (SSSR count). The Kier molecular flexibility index (Phi) is 7.95. The molecule has 0 unspecified atom stereocenters. The largest absolute Gasteiger partial charge is 0.378 e. The van der Waals surface area contributed by atoms with Crippen molar-refractivity contribution < 1.29 is 0 Å². The maximum atomic E-state index is 4.60. The van der Waals surface area contributed by atoms with Crippen LogP contribution in [-0.4, -0.2) is 45.2 Å². The molecule has 0 amide bonds. The van der Waals surface area contributed by atoms with Crippen LogP contribution in [-0.2, 0) is 6.54 Å². The number of nitrogens with zero attached hydrogens (tertiary/aromatic N) is 2. The molecule has 1 aromatic carbocycles. The van der Waals surface area contributed by atoms with Gasteiger partial charge in [0, 0.05) is 38.6 Å². The molecular formula is C15H26N4S. The molecule has 0 aliphatic heterocycles. The molecule has 0 radical (unpaired) electrons. The van der Waals surface area contributed by atoms with Gasteiger partial charge in [0.2, 0.25) is 0 Å². The first-order chi connectivity index (χ1) is 9.67. The van der Waals surface area contributed by atoms with Gasteiger partial charge in [0.1, 0.15) is 0 Å². The van der Waals surface area contributed by atoms with Crippen LogP contribution in [0.2, 0.25) is 0 Å². The Morgan fingerprint density at radius 1 is 1.20 bits per heavy atom. The van der Waals surface area contributed by atoms with E-state index in [1.807, 2.05) is 25.9 Å². The number of nitrogens with one attached hydrogen (secondary N) is 2. The molecule has 1 aromatic rings. The van der Waals surface area contributed by atoms with E-state index in [-0.39, 0.29) is 0 Å². The molecule has 112 valence electrons. The Bertz CT molecular complexity index is 401. The van der Waals surface area contributed by atoms with E-state index in [9.17, 15) is 0 Å². The average Bonchev–Trinajstić information content (AvgIpc) is 2.45. The summed E-state index contributed by atoms with van der Waals surface area (Å²) < 4.78 is 0. The van der Waals surface area contributed by atoms with Crippen molar-refractivity contribution >= 4 is 23.4 Å². The fraction of sp³-hybridized carbons (Fsp3) is 0.533. The van der Waals surface area contributed by atoms with Crippen molar-refractivity contribution in [3.05, 3.63) is 29.8 Å². The lowest BCUT2D eigenvalue weighted by molar-refractivity contribution is 0.843. The molecule has 0 aromatic heterocycles. The Morgan fingerprint density at radius 2 is 1.90 bits per heavy atom. The third-order valence-corrected chi connectivity index (χ3v) is 3.43. The number of hydrogen-bond donors (Lipinski definition) is 2. The van der Waals surface area contributed by atoms with Gasteiger partial charge in [-0.15, -0.1) is 0 Å². The van der Waals surface area contributed by atoms with E-state index in [0.717, 1.165) is 24.8 Å². The van der Waals surface area contributed by atoms with Crippen LogP contribution in [0.3, 0.4) is 0 Å². The van der Waals surface area contributed by atoms with Crippen LogP contribution in [0.1, 0.15) is 12.5 Å². The number of anilines is 1. The summed E-state index contributed by atoms with van der Waals surface area (Å²) in [5.41, 5.74) is 2.43. The zero-order valence-corrected chi connectivity index (χ0v) is 13.8. The number of thioether (sulfide) groups is 1. The third-order valence-electron chi connectivity index (χ3n) is 2.82. The minimum atomic E-state index is 0.697. The van der Waals surface area contributed by atoms with Gasteiger partial charge in [-0.05, 0) is 30.9 Å². The summed E-state index contributed by atoms with van der Waals surface area (Å²) in [5.74, 6) is 1.97. The monoisotopic (exact) mass is 294 g/mol. The van der Waals surface area contributed by atoms with Crippen molar-refractivity contribution in [2.24, 2.45) is 4.99 Å². The number of benzene rings is 1. The highest BCUT2D eigenvalue weighted by Gasteiger charge is 1.98. The highest BCUT2D eigenvalue weighted by molar-refractivity contribution is 7.98. The first-order valence-electron chi connectivity index (χ1n) is 6.94. The highest BCUT2D eigenvalue weighted by atomic mass is 32.2. The van der Waals surface area contributed by atoms with Crippen molar-refractivity contribution in [1.29, 1.82) is 0 Å². The number of hydrogen-bond acceptors (Lipinski definition) is 3. The molecule has 0 aliphatic rings. The number of aliphatic imine (C=N–C) groups is 1. The second-order valence-electron chi connectivity index (χ2n) is 4.68. The maximum absolute atomic E-state index is 4.60. The molecule has 0 fully saturated rings. The Balaban J connectivity index is 2.56. The van der Waals surface area contributed by atoms with Crippen LogP contribution in [0.5, 0.6) is 0 Å². The van der Waals surface area contributed by atoms with Crippen LogP contribution in [0, 0.1) is 0 Å². The molecule has 5 heteroatoms. The second kappa shape index (κ2) is 9.53. The van der Waals surface area contributed by atoms with Crippen molar-refractivity contribution in [2.75, 3.05) is 44.1 Å². The van der Waals surface area contributed by atoms with Gasteiger partial charge in [0.25, 0.3) is 0 Å². The zero-order valence-electron chi connectivity index (χ0n) is 12.9. The first-order valence-corrected chi connectivity index (χ1v) is 8.34. The van der Waals surface area contributed by atoms with Gasteiger partial charge < -0.3 is 15.5 Å². The zero-order chi connectivity index (χ0) is 14.8. The topological polar surface area (TPSA) is 39.7 Å². The smallest absolute Gasteiger partial charge is 0.191 e. The summed E-state index contributed by atoms with van der Waals surface area (Å²) in [6.45, 7) is 4.59. The molecule has 0 atom stereocenters. The molecule has 20 heavy (non-hydrogen) atoms.